The Morgan fingerprint density at radius 3 is 2.39 bits per heavy atom. The Bertz CT molecular complexity index is 570. The van der Waals surface area contributed by atoms with Crippen LogP contribution in [0.1, 0.15) is 18.1 Å². The number of ketones is 1. The summed E-state index contributed by atoms with van der Waals surface area (Å²) in [4.78, 5) is 11.0. The summed E-state index contributed by atoms with van der Waals surface area (Å²) in [5.41, 5.74) is 4.50. The second kappa shape index (κ2) is 5.36. The average molecular weight is 259 g/mol. The molecule has 2 rings (SSSR count). The fourth-order valence-corrected chi connectivity index (χ4v) is 2.17. The van der Waals surface area contributed by atoms with Crippen molar-refractivity contribution in [2.24, 2.45) is 0 Å². The first-order valence-corrected chi connectivity index (χ1v) is 6.29. The van der Waals surface area contributed by atoms with Gasteiger partial charge in [0.15, 0.2) is 0 Å². The summed E-state index contributed by atoms with van der Waals surface area (Å²) in [6, 6.07) is 13.9. The van der Waals surface area contributed by atoms with Gasteiger partial charge in [0.1, 0.15) is 5.78 Å². The van der Waals surface area contributed by atoms with E-state index in [-0.39, 0.29) is 5.78 Å². The van der Waals surface area contributed by atoms with E-state index in [0.29, 0.717) is 6.42 Å². The quantitative estimate of drug-likeness (QED) is 0.795. The third kappa shape index (κ3) is 2.99. The van der Waals surface area contributed by atoms with E-state index in [9.17, 15) is 4.79 Å². The Hall–Kier alpha value is -1.60. The first-order valence-electron chi connectivity index (χ1n) is 5.91. The molecule has 92 valence electrons. The van der Waals surface area contributed by atoms with Gasteiger partial charge in [0, 0.05) is 11.4 Å². The topological polar surface area (TPSA) is 17.1 Å². The number of halogens is 1. The molecule has 0 atom stereocenters. The normalized spacial score (nSPS) is 10.4. The zero-order valence-corrected chi connectivity index (χ0v) is 11.3. The van der Waals surface area contributed by atoms with Crippen molar-refractivity contribution in [2.75, 3.05) is 0 Å². The number of benzene rings is 2. The summed E-state index contributed by atoms with van der Waals surface area (Å²) in [5.74, 6) is 0.182. The minimum Gasteiger partial charge on any atom is -0.300 e. The van der Waals surface area contributed by atoms with Gasteiger partial charge >= 0.3 is 0 Å². The van der Waals surface area contributed by atoms with E-state index in [1.54, 1.807) is 6.92 Å². The van der Waals surface area contributed by atoms with Gasteiger partial charge in [0.2, 0.25) is 0 Å². The third-order valence-corrected chi connectivity index (χ3v) is 3.15. The maximum Gasteiger partial charge on any atom is 0.134 e. The van der Waals surface area contributed by atoms with Gasteiger partial charge in [-0.05, 0) is 48.2 Å². The van der Waals surface area contributed by atoms with Gasteiger partial charge in [-0.2, -0.15) is 0 Å². The zero-order chi connectivity index (χ0) is 13.1. The maximum absolute atomic E-state index is 11.0. The number of aryl methyl sites for hydroxylation is 1. The highest BCUT2D eigenvalue weighted by atomic mass is 35.5. The molecule has 0 aromatic heterocycles. The molecule has 0 amide bonds. The third-order valence-electron chi connectivity index (χ3n) is 2.92. The molecule has 18 heavy (non-hydrogen) atoms. The molecule has 2 heteroatoms. The van der Waals surface area contributed by atoms with Crippen molar-refractivity contribution in [3.05, 3.63) is 58.6 Å². The standard InChI is InChI=1S/C16H15ClO/c1-11-3-8-15(17)10-16(11)14-6-4-13(5-7-14)9-12(2)18/h3-8,10H,9H2,1-2H3. The summed E-state index contributed by atoms with van der Waals surface area (Å²) in [6.45, 7) is 3.67. The summed E-state index contributed by atoms with van der Waals surface area (Å²) >= 11 is 6.02. The lowest BCUT2D eigenvalue weighted by Gasteiger charge is -2.07. The van der Waals surface area contributed by atoms with Crippen LogP contribution in [0, 0.1) is 6.92 Å². The lowest BCUT2D eigenvalue weighted by molar-refractivity contribution is -0.116. The Labute approximate surface area is 112 Å². The predicted molar refractivity (Wildman–Crippen MR) is 76.0 cm³/mol. The summed E-state index contributed by atoms with van der Waals surface area (Å²) in [5, 5.41) is 0.739. The largest absolute Gasteiger partial charge is 0.300 e. The fourth-order valence-electron chi connectivity index (χ4n) is 1.99. The van der Waals surface area contributed by atoms with Gasteiger partial charge in [-0.25, -0.2) is 0 Å². The number of hydrogen-bond donors (Lipinski definition) is 0. The highest BCUT2D eigenvalue weighted by Crippen LogP contribution is 2.26. The molecule has 0 radical (unpaired) electrons. The van der Waals surface area contributed by atoms with Crippen molar-refractivity contribution >= 4 is 17.4 Å². The molecular formula is C16H15ClO. The molecule has 0 aliphatic heterocycles. The zero-order valence-electron chi connectivity index (χ0n) is 10.5. The Morgan fingerprint density at radius 2 is 1.78 bits per heavy atom. The molecule has 0 aliphatic carbocycles. The first-order chi connectivity index (χ1) is 8.56. The molecular weight excluding hydrogens is 244 g/mol. The highest BCUT2D eigenvalue weighted by molar-refractivity contribution is 6.30. The van der Waals surface area contributed by atoms with Crippen LogP contribution in [0.3, 0.4) is 0 Å². The van der Waals surface area contributed by atoms with Crippen LogP contribution in [0.5, 0.6) is 0 Å². The molecule has 0 aliphatic rings. The number of Topliss-reactive ketones (excluding diaryl/α,β-unsaturated/α-hetero) is 1. The minimum absolute atomic E-state index is 0.182. The predicted octanol–water partition coefficient (Wildman–Crippen LogP) is 4.45. The molecule has 0 bridgehead atoms. The Morgan fingerprint density at radius 1 is 1.11 bits per heavy atom. The van der Waals surface area contributed by atoms with E-state index >= 15 is 0 Å². The highest BCUT2D eigenvalue weighted by Gasteiger charge is 2.04. The average Bonchev–Trinajstić information content (AvgIpc) is 2.33. The summed E-state index contributed by atoms with van der Waals surface area (Å²) in [7, 11) is 0. The van der Waals surface area contributed by atoms with Gasteiger partial charge in [0.05, 0.1) is 0 Å². The molecule has 2 aromatic rings. The molecule has 0 spiro atoms. The number of hydrogen-bond acceptors (Lipinski definition) is 1. The Balaban J connectivity index is 2.34. The van der Waals surface area contributed by atoms with Crippen molar-refractivity contribution < 1.29 is 4.79 Å². The van der Waals surface area contributed by atoms with Crippen LogP contribution in [0.2, 0.25) is 5.02 Å². The number of rotatable bonds is 3. The second-order valence-corrected chi connectivity index (χ2v) is 4.97. The second-order valence-electron chi connectivity index (χ2n) is 4.53. The monoisotopic (exact) mass is 258 g/mol. The molecule has 0 saturated carbocycles. The Kier molecular flexibility index (Phi) is 3.83. The minimum atomic E-state index is 0.182. The van der Waals surface area contributed by atoms with Crippen LogP contribution < -0.4 is 0 Å². The van der Waals surface area contributed by atoms with Crippen LogP contribution in [0.25, 0.3) is 11.1 Å². The van der Waals surface area contributed by atoms with Crippen molar-refractivity contribution in [1.29, 1.82) is 0 Å². The van der Waals surface area contributed by atoms with Gasteiger partial charge in [-0.3, -0.25) is 4.79 Å². The fraction of sp³-hybridized carbons (Fsp3) is 0.188. The summed E-state index contributed by atoms with van der Waals surface area (Å²) in [6.07, 6.45) is 0.495. The van der Waals surface area contributed by atoms with Crippen molar-refractivity contribution in [3.63, 3.8) is 0 Å². The van der Waals surface area contributed by atoms with Crippen LogP contribution in [0.15, 0.2) is 42.5 Å². The van der Waals surface area contributed by atoms with E-state index in [1.165, 1.54) is 5.56 Å². The van der Waals surface area contributed by atoms with E-state index in [2.05, 4.69) is 6.92 Å². The first kappa shape index (κ1) is 12.8. The van der Waals surface area contributed by atoms with Crippen LogP contribution >= 0.6 is 11.6 Å². The van der Waals surface area contributed by atoms with Crippen molar-refractivity contribution in [3.8, 4) is 11.1 Å². The van der Waals surface area contributed by atoms with Crippen LogP contribution in [-0.4, -0.2) is 5.78 Å². The van der Waals surface area contributed by atoms with Crippen LogP contribution in [0.4, 0.5) is 0 Å². The van der Waals surface area contributed by atoms with Gasteiger partial charge in [-0.1, -0.05) is 41.9 Å². The van der Waals surface area contributed by atoms with Crippen molar-refractivity contribution in [2.45, 2.75) is 20.3 Å². The van der Waals surface area contributed by atoms with E-state index in [4.69, 9.17) is 11.6 Å². The van der Waals surface area contributed by atoms with E-state index < -0.39 is 0 Å². The SMILES string of the molecule is CC(=O)Cc1ccc(-c2cc(Cl)ccc2C)cc1. The molecule has 0 saturated heterocycles. The van der Waals surface area contributed by atoms with Gasteiger partial charge in [0.25, 0.3) is 0 Å². The lowest BCUT2D eigenvalue weighted by atomic mass is 9.98. The molecule has 0 fully saturated rings. The number of carbonyl (C=O) groups excluding carboxylic acids is 1. The van der Waals surface area contributed by atoms with Gasteiger partial charge in [-0.15, -0.1) is 0 Å². The maximum atomic E-state index is 11.0. The van der Waals surface area contributed by atoms with Crippen molar-refractivity contribution in [1.82, 2.24) is 0 Å². The summed E-state index contributed by atoms with van der Waals surface area (Å²) < 4.78 is 0. The van der Waals surface area contributed by atoms with E-state index in [0.717, 1.165) is 21.7 Å². The molecule has 0 unspecified atom stereocenters. The van der Waals surface area contributed by atoms with E-state index in [1.807, 2.05) is 42.5 Å². The number of carbonyl (C=O) groups is 1. The molecule has 0 N–H and O–H groups in total. The smallest absolute Gasteiger partial charge is 0.134 e. The molecule has 1 nitrogen and oxygen atoms in total. The van der Waals surface area contributed by atoms with Crippen LogP contribution in [-0.2, 0) is 11.2 Å². The molecule has 0 heterocycles. The molecule has 2 aromatic carbocycles. The van der Waals surface area contributed by atoms with Gasteiger partial charge < -0.3 is 0 Å². The lowest BCUT2D eigenvalue weighted by Crippen LogP contribution is -1.95.